The van der Waals surface area contributed by atoms with E-state index >= 15 is 0 Å². The smallest absolute Gasteiger partial charge is 0.349 e. The normalized spacial score (nSPS) is 16.4. The Kier molecular flexibility index (Phi) is 6.64. The van der Waals surface area contributed by atoms with Crippen molar-refractivity contribution in [3.63, 3.8) is 0 Å². The molecule has 0 saturated heterocycles. The Labute approximate surface area is 243 Å². The first-order chi connectivity index (χ1) is 20.7. The highest BCUT2D eigenvalue weighted by atomic mass is 16.5. The van der Waals surface area contributed by atoms with E-state index in [-0.39, 0.29) is 5.89 Å². The van der Waals surface area contributed by atoms with E-state index < -0.39 is 5.97 Å². The number of cyclic esters (lactones) is 1. The van der Waals surface area contributed by atoms with Gasteiger partial charge in [0.15, 0.2) is 11.3 Å². The van der Waals surface area contributed by atoms with Gasteiger partial charge in [0.2, 0.25) is 11.8 Å². The van der Waals surface area contributed by atoms with Crippen LogP contribution in [-0.2, 0) is 9.53 Å². The molecular weight excluding hydrogens is 524 g/mol. The van der Waals surface area contributed by atoms with Crippen molar-refractivity contribution in [2.24, 2.45) is 0 Å². The summed E-state index contributed by atoms with van der Waals surface area (Å²) in [6.07, 6.45) is 5.72. The molecule has 7 rings (SSSR count). The number of para-hydroxylation sites is 2. The van der Waals surface area contributed by atoms with Gasteiger partial charge in [0.25, 0.3) is 0 Å². The van der Waals surface area contributed by atoms with Crippen molar-refractivity contribution >= 4 is 33.9 Å². The van der Waals surface area contributed by atoms with Crippen molar-refractivity contribution in [1.82, 2.24) is 4.98 Å². The maximum absolute atomic E-state index is 13.3. The van der Waals surface area contributed by atoms with Crippen molar-refractivity contribution < 1.29 is 18.7 Å². The second-order valence-electron chi connectivity index (χ2n) is 10.2. The molecule has 0 aliphatic carbocycles. The number of nitrogens with zero attached hydrogens (tertiary/aromatic N) is 2. The number of hydrogen-bond acceptors (Lipinski definition) is 6. The molecule has 6 heteroatoms. The molecule has 1 aromatic heterocycles. The van der Waals surface area contributed by atoms with Crippen molar-refractivity contribution in [2.75, 3.05) is 11.4 Å². The van der Waals surface area contributed by atoms with Crippen molar-refractivity contribution in [1.29, 1.82) is 0 Å². The number of rotatable bonds is 7. The topological polar surface area (TPSA) is 64.8 Å². The summed E-state index contributed by atoms with van der Waals surface area (Å²) in [5, 5.41) is 0. The Morgan fingerprint density at radius 2 is 1.50 bits per heavy atom. The number of esters is 1. The van der Waals surface area contributed by atoms with Crippen LogP contribution in [0.25, 0.3) is 33.4 Å². The number of carbonyl (C=O) groups is 1. The molecule has 0 spiro atoms. The number of oxazole rings is 1. The molecule has 0 atom stereocenters. The van der Waals surface area contributed by atoms with Crippen LogP contribution in [0, 0.1) is 0 Å². The molecule has 5 aromatic rings. The Morgan fingerprint density at radius 3 is 2.26 bits per heavy atom. The van der Waals surface area contributed by atoms with Crippen LogP contribution in [0.1, 0.15) is 31.2 Å². The van der Waals surface area contributed by atoms with Crippen LogP contribution in [0.3, 0.4) is 0 Å². The van der Waals surface area contributed by atoms with Crippen LogP contribution in [0.2, 0.25) is 0 Å². The van der Waals surface area contributed by atoms with E-state index in [0.717, 1.165) is 47.5 Å². The minimum Gasteiger partial charge on any atom is -0.439 e. The van der Waals surface area contributed by atoms with Gasteiger partial charge in [-0.3, -0.25) is 0 Å². The lowest BCUT2D eigenvalue weighted by Crippen LogP contribution is -2.21. The number of hydrogen-bond donors (Lipinski definition) is 0. The van der Waals surface area contributed by atoms with E-state index in [0.29, 0.717) is 33.9 Å². The number of fused-ring (bicyclic) bond motifs is 2. The van der Waals surface area contributed by atoms with Crippen molar-refractivity contribution in [3.05, 3.63) is 138 Å². The van der Waals surface area contributed by atoms with Crippen LogP contribution < -0.4 is 9.64 Å². The molecule has 42 heavy (non-hydrogen) atoms. The molecule has 0 amide bonds. The molecular formula is C36H28N2O4. The van der Waals surface area contributed by atoms with Gasteiger partial charge in [-0.2, -0.15) is 0 Å². The molecule has 206 valence electrons. The molecule has 6 nitrogen and oxygen atoms in total. The Balaban J connectivity index is 1.30. The second-order valence-corrected chi connectivity index (χ2v) is 10.2. The molecule has 0 N–H and O–H groups in total. The zero-order chi connectivity index (χ0) is 28.5. The highest BCUT2D eigenvalue weighted by Gasteiger charge is 2.35. The van der Waals surface area contributed by atoms with Crippen LogP contribution in [0.4, 0.5) is 5.69 Å². The van der Waals surface area contributed by atoms with Gasteiger partial charge in [0.1, 0.15) is 16.8 Å². The number of unbranched alkanes of at least 4 members (excludes halogenated alkanes) is 1. The molecule has 2 aliphatic heterocycles. The average Bonchev–Trinajstić information content (AvgIpc) is 3.71. The van der Waals surface area contributed by atoms with Gasteiger partial charge >= 0.3 is 5.97 Å². The third-order valence-electron chi connectivity index (χ3n) is 7.42. The maximum atomic E-state index is 13.3. The second kappa shape index (κ2) is 10.9. The fourth-order valence-electron chi connectivity index (χ4n) is 5.34. The molecule has 0 bridgehead atoms. The number of anilines is 1. The van der Waals surface area contributed by atoms with E-state index in [4.69, 9.17) is 13.9 Å². The number of carbonyl (C=O) groups excluding carboxylic acids is 1. The lowest BCUT2D eigenvalue weighted by molar-refractivity contribution is -0.131. The Hall–Kier alpha value is -5.36. The predicted molar refractivity (Wildman–Crippen MR) is 164 cm³/mol. The first-order valence-corrected chi connectivity index (χ1v) is 14.1. The fraction of sp³-hybridized carbons (Fsp3) is 0.111. The summed E-state index contributed by atoms with van der Waals surface area (Å²) in [5.74, 6) is 1.62. The van der Waals surface area contributed by atoms with Crippen molar-refractivity contribution in [2.45, 2.75) is 19.8 Å². The summed E-state index contributed by atoms with van der Waals surface area (Å²) in [7, 11) is 0. The van der Waals surface area contributed by atoms with E-state index in [9.17, 15) is 4.79 Å². The lowest BCUT2D eigenvalue weighted by atomic mass is 9.99. The molecule has 3 heterocycles. The lowest BCUT2D eigenvalue weighted by Gasteiger charge is -2.18. The largest absolute Gasteiger partial charge is 0.439 e. The van der Waals surface area contributed by atoms with E-state index in [1.54, 1.807) is 6.08 Å². The molecule has 0 saturated carbocycles. The van der Waals surface area contributed by atoms with Gasteiger partial charge in [-0.05, 0) is 53.5 Å². The zero-order valence-corrected chi connectivity index (χ0v) is 23.1. The number of aromatic nitrogens is 1. The van der Waals surface area contributed by atoms with Crippen molar-refractivity contribution in [3.8, 4) is 16.9 Å². The highest BCUT2D eigenvalue weighted by Crippen LogP contribution is 2.43. The van der Waals surface area contributed by atoms with Gasteiger partial charge in [-0.25, -0.2) is 9.78 Å². The Morgan fingerprint density at radius 1 is 0.762 bits per heavy atom. The van der Waals surface area contributed by atoms with E-state index in [1.807, 2.05) is 84.9 Å². The van der Waals surface area contributed by atoms with E-state index in [1.165, 1.54) is 0 Å². The van der Waals surface area contributed by atoms with E-state index in [2.05, 4.69) is 41.1 Å². The summed E-state index contributed by atoms with van der Waals surface area (Å²) in [6, 6.07) is 33.7. The summed E-state index contributed by atoms with van der Waals surface area (Å²) >= 11 is 0. The summed E-state index contributed by atoms with van der Waals surface area (Å²) in [5.41, 5.74) is 6.34. The van der Waals surface area contributed by atoms with Crippen LogP contribution in [0.5, 0.6) is 5.75 Å². The number of allylic oxidation sites excluding steroid dienone is 3. The van der Waals surface area contributed by atoms with Gasteiger partial charge < -0.3 is 18.8 Å². The molecule has 0 fully saturated rings. The third-order valence-corrected chi connectivity index (χ3v) is 7.42. The summed E-state index contributed by atoms with van der Waals surface area (Å²) < 4.78 is 18.2. The highest BCUT2D eigenvalue weighted by molar-refractivity contribution is 6.29. The number of ether oxygens (including phenoxy) is 2. The summed E-state index contributed by atoms with van der Waals surface area (Å²) in [6.45, 7) is 2.97. The molecule has 0 unspecified atom stereocenters. The number of benzene rings is 4. The Bertz CT molecular complexity index is 1850. The SMILES string of the molecule is CCCCN1/C(=C/C=C2OC(=O)C(c3nc4ccccc4o3)=C2c2ccccc2)Oc2ccc(-c3ccccc3)cc21. The third kappa shape index (κ3) is 4.67. The van der Waals surface area contributed by atoms with Gasteiger partial charge in [0, 0.05) is 18.2 Å². The maximum Gasteiger partial charge on any atom is 0.349 e. The van der Waals surface area contributed by atoms with Crippen LogP contribution in [0.15, 0.2) is 131 Å². The van der Waals surface area contributed by atoms with Gasteiger partial charge in [-0.15, -0.1) is 0 Å². The summed E-state index contributed by atoms with van der Waals surface area (Å²) in [4.78, 5) is 20.1. The first kappa shape index (κ1) is 25.6. The zero-order valence-electron chi connectivity index (χ0n) is 23.1. The monoisotopic (exact) mass is 552 g/mol. The fourth-order valence-corrected chi connectivity index (χ4v) is 5.34. The van der Waals surface area contributed by atoms with Gasteiger partial charge in [0.05, 0.1) is 5.69 Å². The minimum absolute atomic E-state index is 0.235. The van der Waals surface area contributed by atoms with Crippen LogP contribution in [-0.4, -0.2) is 17.5 Å². The standard InChI is InChI=1S/C36H28N2O4/c1-2-3-22-38-28-23-26(24-12-6-4-7-13-24)18-19-30(28)40-32(38)21-20-31-33(25-14-8-5-9-15-25)34(36(39)42-31)35-37-27-16-10-11-17-29(27)41-35/h4-21,23H,2-3,22H2,1H3/b31-20?,32-21-. The quantitative estimate of drug-likeness (QED) is 0.189. The first-order valence-electron chi connectivity index (χ1n) is 14.1. The predicted octanol–water partition coefficient (Wildman–Crippen LogP) is 8.39. The van der Waals surface area contributed by atoms with Gasteiger partial charge in [-0.1, -0.05) is 92.2 Å². The molecule has 4 aromatic carbocycles. The molecule has 0 radical (unpaired) electrons. The average molecular weight is 553 g/mol. The van der Waals surface area contributed by atoms with Crippen LogP contribution >= 0.6 is 0 Å². The minimum atomic E-state index is -0.504. The molecule has 2 aliphatic rings.